The first-order valence-electron chi connectivity index (χ1n) is 6.32. The Balaban J connectivity index is 2.47. The molecule has 1 aliphatic rings. The second-order valence-corrected chi connectivity index (χ2v) is 4.54. The Hall–Kier alpha value is -1.92. The molecule has 0 spiro atoms. The summed E-state index contributed by atoms with van der Waals surface area (Å²) in [6, 6.07) is 0. The van der Waals surface area contributed by atoms with Crippen LogP contribution in [0.4, 0.5) is 5.82 Å². The Labute approximate surface area is 121 Å². The fourth-order valence-corrected chi connectivity index (χ4v) is 2.24. The molecule has 114 valence electrons. The van der Waals surface area contributed by atoms with Crippen molar-refractivity contribution in [1.82, 2.24) is 9.55 Å². The van der Waals surface area contributed by atoms with E-state index in [-0.39, 0.29) is 5.82 Å². The minimum atomic E-state index is -1.06. The third-order valence-electron chi connectivity index (χ3n) is 3.28. The van der Waals surface area contributed by atoms with Gasteiger partial charge in [0.05, 0.1) is 12.2 Å². The van der Waals surface area contributed by atoms with E-state index in [4.69, 9.17) is 15.2 Å². The number of aromatic nitrogens is 2. The van der Waals surface area contributed by atoms with Gasteiger partial charge in [-0.2, -0.15) is 4.98 Å². The van der Waals surface area contributed by atoms with Gasteiger partial charge in [-0.3, -0.25) is 4.57 Å². The molecule has 0 saturated carbocycles. The minimum absolute atomic E-state index is 0.0248. The van der Waals surface area contributed by atoms with Crippen molar-refractivity contribution in [3.05, 3.63) is 22.2 Å². The normalized spacial score (nSPS) is 28.2. The van der Waals surface area contributed by atoms with E-state index in [2.05, 4.69) is 16.8 Å². The van der Waals surface area contributed by atoms with Crippen molar-refractivity contribution in [2.75, 3.05) is 19.5 Å². The number of ether oxygens (including phenoxy) is 2. The van der Waals surface area contributed by atoms with E-state index in [0.717, 1.165) is 4.57 Å². The van der Waals surface area contributed by atoms with Gasteiger partial charge in [0.1, 0.15) is 24.1 Å². The van der Waals surface area contributed by atoms with Crippen LogP contribution in [0.5, 0.6) is 0 Å². The summed E-state index contributed by atoms with van der Waals surface area (Å²) in [4.78, 5) is 15.7. The van der Waals surface area contributed by atoms with Crippen LogP contribution in [-0.2, 0) is 9.47 Å². The molecule has 8 heteroatoms. The molecule has 1 aromatic heterocycles. The van der Waals surface area contributed by atoms with Crippen LogP contribution in [0.25, 0.3) is 0 Å². The Morgan fingerprint density at radius 1 is 1.62 bits per heavy atom. The molecule has 4 atom stereocenters. The number of methoxy groups -OCH3 is 1. The van der Waals surface area contributed by atoms with Crippen molar-refractivity contribution in [2.24, 2.45) is 0 Å². The Bertz CT molecular complexity index is 633. The van der Waals surface area contributed by atoms with Crippen molar-refractivity contribution in [3.63, 3.8) is 0 Å². The summed E-state index contributed by atoms with van der Waals surface area (Å²) in [5.74, 6) is 5.42. The summed E-state index contributed by atoms with van der Waals surface area (Å²) in [5, 5.41) is 19.2. The van der Waals surface area contributed by atoms with Crippen molar-refractivity contribution >= 4 is 5.82 Å². The summed E-state index contributed by atoms with van der Waals surface area (Å²) < 4.78 is 11.8. The SMILES string of the molecule is CC#Cc1cn([C@@H]2O[C@H](CO)C(O)C2OC)c(=O)nc1N. The Morgan fingerprint density at radius 2 is 2.33 bits per heavy atom. The number of rotatable bonds is 3. The molecular formula is C13H17N3O5. The first kappa shape index (κ1) is 15.5. The lowest BCUT2D eigenvalue weighted by Gasteiger charge is -2.20. The minimum Gasteiger partial charge on any atom is -0.394 e. The van der Waals surface area contributed by atoms with Crippen LogP contribution in [0.2, 0.25) is 0 Å². The maximum Gasteiger partial charge on any atom is 0.351 e. The molecule has 1 saturated heterocycles. The first-order chi connectivity index (χ1) is 10.0. The first-order valence-corrected chi connectivity index (χ1v) is 6.32. The quantitative estimate of drug-likeness (QED) is 0.578. The largest absolute Gasteiger partial charge is 0.394 e. The van der Waals surface area contributed by atoms with E-state index >= 15 is 0 Å². The van der Waals surface area contributed by atoms with Crippen LogP contribution in [0.15, 0.2) is 11.0 Å². The third kappa shape index (κ3) is 2.77. The zero-order valence-electron chi connectivity index (χ0n) is 11.7. The van der Waals surface area contributed by atoms with Crippen LogP contribution in [0.1, 0.15) is 18.7 Å². The maximum atomic E-state index is 12.0. The van der Waals surface area contributed by atoms with Gasteiger partial charge >= 0.3 is 5.69 Å². The highest BCUT2D eigenvalue weighted by Gasteiger charge is 2.45. The van der Waals surface area contributed by atoms with Gasteiger partial charge < -0.3 is 25.4 Å². The lowest BCUT2D eigenvalue weighted by atomic mass is 10.1. The average molecular weight is 295 g/mol. The number of hydrogen-bond donors (Lipinski definition) is 3. The van der Waals surface area contributed by atoms with Gasteiger partial charge in [-0.15, -0.1) is 5.92 Å². The van der Waals surface area contributed by atoms with Gasteiger partial charge in [0.2, 0.25) is 0 Å². The molecule has 8 nitrogen and oxygen atoms in total. The number of anilines is 1. The Kier molecular flexibility index (Phi) is 4.59. The average Bonchev–Trinajstić information content (AvgIpc) is 2.78. The zero-order chi connectivity index (χ0) is 15.6. The van der Waals surface area contributed by atoms with E-state index in [1.165, 1.54) is 13.3 Å². The molecule has 1 aliphatic heterocycles. The molecule has 1 aromatic rings. The number of aliphatic hydroxyl groups excluding tert-OH is 2. The van der Waals surface area contributed by atoms with Gasteiger partial charge in [0.25, 0.3) is 0 Å². The summed E-state index contributed by atoms with van der Waals surface area (Å²) in [6.45, 7) is 1.24. The molecule has 0 bridgehead atoms. The number of nitrogens with two attached hydrogens (primary N) is 1. The summed E-state index contributed by atoms with van der Waals surface area (Å²) >= 11 is 0. The van der Waals surface area contributed by atoms with Crippen LogP contribution in [0.3, 0.4) is 0 Å². The predicted octanol–water partition coefficient (Wildman–Crippen LogP) is -1.54. The highest BCUT2D eigenvalue weighted by Crippen LogP contribution is 2.30. The van der Waals surface area contributed by atoms with E-state index in [9.17, 15) is 15.0 Å². The zero-order valence-corrected chi connectivity index (χ0v) is 11.7. The van der Waals surface area contributed by atoms with Crippen molar-refractivity contribution < 1.29 is 19.7 Å². The fraction of sp³-hybridized carbons (Fsp3) is 0.538. The highest BCUT2D eigenvalue weighted by molar-refractivity contribution is 5.48. The van der Waals surface area contributed by atoms with Crippen molar-refractivity contribution in [2.45, 2.75) is 31.5 Å². The van der Waals surface area contributed by atoms with Gasteiger partial charge in [-0.25, -0.2) is 4.79 Å². The molecule has 4 N–H and O–H groups in total. The van der Waals surface area contributed by atoms with Crippen LogP contribution >= 0.6 is 0 Å². The monoisotopic (exact) mass is 295 g/mol. The summed E-state index contributed by atoms with van der Waals surface area (Å²) in [6.07, 6.45) is -2.22. The smallest absolute Gasteiger partial charge is 0.351 e. The van der Waals surface area contributed by atoms with Gasteiger partial charge in [0, 0.05) is 13.3 Å². The van der Waals surface area contributed by atoms with Crippen LogP contribution in [0, 0.1) is 11.8 Å². The van der Waals surface area contributed by atoms with Crippen molar-refractivity contribution in [1.29, 1.82) is 0 Å². The van der Waals surface area contributed by atoms with Gasteiger partial charge in [0.15, 0.2) is 6.23 Å². The topological polar surface area (TPSA) is 120 Å². The summed E-state index contributed by atoms with van der Waals surface area (Å²) in [7, 11) is 1.38. The standard InChI is InChI=1S/C13H17N3O5/c1-3-4-7-5-16(13(19)15-11(7)14)12-10(20-2)9(18)8(6-17)21-12/h5,8-10,12,17-18H,6H2,1-2H3,(H2,14,15,19)/t8-,9?,10?,12-/m1/s1. The van der Waals surface area contributed by atoms with E-state index in [1.54, 1.807) is 6.92 Å². The number of nitrogens with zero attached hydrogens (tertiary/aromatic N) is 2. The van der Waals surface area contributed by atoms with E-state index < -0.39 is 36.8 Å². The van der Waals surface area contributed by atoms with E-state index in [1.807, 2.05) is 0 Å². The fourth-order valence-electron chi connectivity index (χ4n) is 2.24. The molecular weight excluding hydrogens is 278 g/mol. The molecule has 21 heavy (non-hydrogen) atoms. The molecule has 0 aromatic carbocycles. The van der Waals surface area contributed by atoms with Gasteiger partial charge in [-0.05, 0) is 6.92 Å². The second kappa shape index (κ2) is 6.24. The molecule has 0 aliphatic carbocycles. The maximum absolute atomic E-state index is 12.0. The second-order valence-electron chi connectivity index (χ2n) is 4.54. The summed E-state index contributed by atoms with van der Waals surface area (Å²) in [5.41, 5.74) is 5.36. The molecule has 0 amide bonds. The van der Waals surface area contributed by atoms with Crippen LogP contribution < -0.4 is 11.4 Å². The molecule has 2 unspecified atom stereocenters. The molecule has 0 radical (unpaired) electrons. The molecule has 2 rings (SSSR count). The van der Waals surface area contributed by atoms with E-state index in [0.29, 0.717) is 5.56 Å². The van der Waals surface area contributed by atoms with Gasteiger partial charge in [-0.1, -0.05) is 5.92 Å². The lowest BCUT2D eigenvalue weighted by Crippen LogP contribution is -2.37. The number of aliphatic hydroxyl groups is 2. The Morgan fingerprint density at radius 3 is 2.90 bits per heavy atom. The van der Waals surface area contributed by atoms with Crippen molar-refractivity contribution in [3.8, 4) is 11.8 Å². The third-order valence-corrected chi connectivity index (χ3v) is 3.28. The predicted molar refractivity (Wildman–Crippen MR) is 73.3 cm³/mol. The number of nitrogen functional groups attached to an aromatic ring is 1. The van der Waals surface area contributed by atoms with Crippen LogP contribution in [-0.4, -0.2) is 51.8 Å². The highest BCUT2D eigenvalue weighted by atomic mass is 16.6. The molecule has 2 heterocycles. The number of hydrogen-bond acceptors (Lipinski definition) is 7. The lowest BCUT2D eigenvalue weighted by molar-refractivity contribution is -0.0624. The molecule has 1 fully saturated rings.